The lowest BCUT2D eigenvalue weighted by Gasteiger charge is -2.34. The van der Waals surface area contributed by atoms with Crippen LogP contribution in [-0.4, -0.2) is 81.5 Å². The number of hydrogen-bond acceptors (Lipinski definition) is 9. The number of aromatic hydroxyl groups is 1. The molecule has 0 unspecified atom stereocenters. The molecule has 0 spiro atoms. The highest BCUT2D eigenvalue weighted by atomic mass is 19.1. The van der Waals surface area contributed by atoms with Gasteiger partial charge in [0.25, 0.3) is 0 Å². The Hall–Kier alpha value is -3.67. The first-order valence-electron chi connectivity index (χ1n) is 15.7. The van der Waals surface area contributed by atoms with Gasteiger partial charge in [-0.1, -0.05) is 12.1 Å². The van der Waals surface area contributed by atoms with Crippen LogP contribution in [0.5, 0.6) is 11.8 Å². The summed E-state index contributed by atoms with van der Waals surface area (Å²) < 4.78 is 43.3. The van der Waals surface area contributed by atoms with Crippen molar-refractivity contribution in [1.82, 2.24) is 25.2 Å². The van der Waals surface area contributed by atoms with E-state index in [1.165, 1.54) is 0 Å². The Labute approximate surface area is 253 Å². The summed E-state index contributed by atoms with van der Waals surface area (Å²) in [5.74, 6) is 0.0364. The molecule has 9 nitrogen and oxygen atoms in total. The van der Waals surface area contributed by atoms with Gasteiger partial charge in [-0.25, -0.2) is 8.78 Å². The molecule has 4 saturated heterocycles. The molecule has 5 aliphatic rings. The topological polar surface area (TPSA) is 95.9 Å². The van der Waals surface area contributed by atoms with Crippen LogP contribution < -0.4 is 15.0 Å². The molecule has 228 valence electrons. The highest BCUT2D eigenvalue weighted by Crippen LogP contribution is 2.42. The monoisotopic (exact) mass is 600 g/mol. The Balaban J connectivity index is 1.18. The number of rotatable bonds is 5. The summed E-state index contributed by atoms with van der Waals surface area (Å²) in [6.45, 7) is 3.93. The standard InChI is InChI=1S/C33H34F2N6O3/c34-20-10-33(6-1-7-41(33)12-20)17-44-32-38-30-25(31(39-32)40-13-21-4-5-22(14-40)37-21)11-36-29(28(30)35)24-9-23(42)8-18-2-3-19-15-43-16-26(19)27(18)24/h2-3,8-9,11,20-22,37,42H,1,4-7,10,12-17H2/t20-,21-,22+,33+/m1/s1. The summed E-state index contributed by atoms with van der Waals surface area (Å²) in [7, 11) is 0. The van der Waals surface area contributed by atoms with Gasteiger partial charge in [-0.3, -0.25) is 9.88 Å². The van der Waals surface area contributed by atoms with Crippen LogP contribution in [0.15, 0.2) is 30.5 Å². The fourth-order valence-electron chi connectivity index (χ4n) is 8.45. The van der Waals surface area contributed by atoms with Crippen LogP contribution in [0.25, 0.3) is 32.9 Å². The SMILES string of the molecule is Oc1cc(-c2ncc3c(N4C[C@H]5CC[C@@H](C4)N5)nc(OC[C@@]45CCCN4C[C@H](F)C5)nc3c2F)c2c3c(ccc2c1)COC3. The summed E-state index contributed by atoms with van der Waals surface area (Å²) in [5.41, 5.74) is 2.36. The second kappa shape index (κ2) is 9.92. The molecule has 5 aliphatic heterocycles. The number of benzene rings is 2. The number of hydrogen-bond donors (Lipinski definition) is 2. The minimum Gasteiger partial charge on any atom is -0.508 e. The van der Waals surface area contributed by atoms with Crippen LogP contribution in [0.4, 0.5) is 14.6 Å². The minimum absolute atomic E-state index is 0.0273. The van der Waals surface area contributed by atoms with E-state index in [4.69, 9.17) is 14.5 Å². The summed E-state index contributed by atoms with van der Waals surface area (Å²) in [5, 5.41) is 16.4. The van der Waals surface area contributed by atoms with Crippen molar-refractivity contribution in [3.63, 3.8) is 0 Å². The summed E-state index contributed by atoms with van der Waals surface area (Å²) >= 11 is 0. The number of phenolic OH excluding ortho intramolecular Hbond substituents is 1. The van der Waals surface area contributed by atoms with Gasteiger partial charge in [0.05, 0.1) is 24.1 Å². The third-order valence-corrected chi connectivity index (χ3v) is 10.5. The number of piperazine rings is 1. The molecule has 2 N–H and O–H groups in total. The van der Waals surface area contributed by atoms with E-state index in [0.29, 0.717) is 55.0 Å². The van der Waals surface area contributed by atoms with Crippen molar-refractivity contribution in [2.45, 2.75) is 69.1 Å². The van der Waals surface area contributed by atoms with Crippen LogP contribution in [-0.2, 0) is 18.0 Å². The molecule has 4 aromatic rings. The number of nitrogens with zero attached hydrogens (tertiary/aromatic N) is 5. The first kappa shape index (κ1) is 26.7. The fraction of sp³-hybridized carbons (Fsp3) is 0.485. The number of alkyl halides is 1. The number of anilines is 1. The maximum Gasteiger partial charge on any atom is 0.319 e. The molecule has 44 heavy (non-hydrogen) atoms. The molecular weight excluding hydrogens is 566 g/mol. The van der Waals surface area contributed by atoms with Crippen molar-refractivity contribution in [1.29, 1.82) is 0 Å². The molecule has 0 saturated carbocycles. The van der Waals surface area contributed by atoms with Crippen LogP contribution in [0.1, 0.15) is 43.2 Å². The second-order valence-corrected chi connectivity index (χ2v) is 13.2. The zero-order valence-electron chi connectivity index (χ0n) is 24.4. The number of ether oxygens (including phenoxy) is 2. The number of aromatic nitrogens is 3. The number of nitrogens with one attached hydrogen (secondary N) is 1. The van der Waals surface area contributed by atoms with Crippen molar-refractivity contribution < 1.29 is 23.4 Å². The van der Waals surface area contributed by atoms with Crippen molar-refractivity contribution in [3.05, 3.63) is 47.4 Å². The highest BCUT2D eigenvalue weighted by Gasteiger charge is 2.49. The van der Waals surface area contributed by atoms with Crippen LogP contribution in [0, 0.1) is 5.82 Å². The van der Waals surface area contributed by atoms with Crippen molar-refractivity contribution in [3.8, 4) is 23.0 Å². The van der Waals surface area contributed by atoms with Gasteiger partial charge < -0.3 is 24.8 Å². The van der Waals surface area contributed by atoms with Gasteiger partial charge in [0.1, 0.15) is 35.6 Å². The average molecular weight is 601 g/mol. The van der Waals surface area contributed by atoms with Gasteiger partial charge in [0, 0.05) is 49.9 Å². The van der Waals surface area contributed by atoms with Gasteiger partial charge >= 0.3 is 6.01 Å². The number of pyridine rings is 1. The smallest absolute Gasteiger partial charge is 0.319 e. The predicted molar refractivity (Wildman–Crippen MR) is 161 cm³/mol. The van der Waals surface area contributed by atoms with E-state index in [2.05, 4.69) is 25.1 Å². The van der Waals surface area contributed by atoms with Gasteiger partial charge in [-0.2, -0.15) is 9.97 Å². The van der Waals surface area contributed by atoms with E-state index in [0.717, 1.165) is 67.2 Å². The Bertz CT molecular complexity index is 1810. The number of halogens is 2. The fourth-order valence-corrected chi connectivity index (χ4v) is 8.45. The summed E-state index contributed by atoms with van der Waals surface area (Å²) in [4.78, 5) is 18.5. The molecule has 4 fully saturated rings. The van der Waals surface area contributed by atoms with E-state index in [1.54, 1.807) is 18.3 Å². The lowest BCUT2D eigenvalue weighted by molar-refractivity contribution is 0.107. The van der Waals surface area contributed by atoms with Crippen LogP contribution >= 0.6 is 0 Å². The highest BCUT2D eigenvalue weighted by molar-refractivity contribution is 6.02. The molecule has 0 aliphatic carbocycles. The lowest BCUT2D eigenvalue weighted by Crippen LogP contribution is -2.51. The number of phenols is 1. The van der Waals surface area contributed by atoms with E-state index >= 15 is 4.39 Å². The second-order valence-electron chi connectivity index (χ2n) is 13.2. The third kappa shape index (κ3) is 4.16. The largest absolute Gasteiger partial charge is 0.508 e. The van der Waals surface area contributed by atoms with Gasteiger partial charge in [-0.15, -0.1) is 0 Å². The van der Waals surface area contributed by atoms with Gasteiger partial charge in [0.2, 0.25) is 0 Å². The zero-order valence-corrected chi connectivity index (χ0v) is 24.4. The van der Waals surface area contributed by atoms with Crippen LogP contribution in [0.2, 0.25) is 0 Å². The maximum atomic E-state index is 16.9. The molecule has 2 aromatic carbocycles. The molecule has 2 bridgehead atoms. The maximum absolute atomic E-state index is 16.9. The Morgan fingerprint density at radius 3 is 2.84 bits per heavy atom. The van der Waals surface area contributed by atoms with E-state index < -0.39 is 12.0 Å². The van der Waals surface area contributed by atoms with Gasteiger partial charge in [-0.05, 0) is 66.3 Å². The molecule has 0 amide bonds. The minimum atomic E-state index is -0.877. The zero-order chi connectivity index (χ0) is 29.6. The quantitative estimate of drug-likeness (QED) is 0.340. The van der Waals surface area contributed by atoms with E-state index in [9.17, 15) is 9.50 Å². The summed E-state index contributed by atoms with van der Waals surface area (Å²) in [6.07, 6.45) is 5.23. The Morgan fingerprint density at radius 1 is 1.11 bits per heavy atom. The molecule has 4 atom stereocenters. The van der Waals surface area contributed by atoms with Gasteiger partial charge in [0.15, 0.2) is 5.82 Å². The average Bonchev–Trinajstić information content (AvgIpc) is 3.79. The Morgan fingerprint density at radius 2 is 1.98 bits per heavy atom. The van der Waals surface area contributed by atoms with E-state index in [1.807, 2.05) is 12.1 Å². The number of fused-ring (bicyclic) bond motifs is 7. The predicted octanol–water partition coefficient (Wildman–Crippen LogP) is 4.62. The van der Waals surface area contributed by atoms with E-state index in [-0.39, 0.29) is 35.1 Å². The summed E-state index contributed by atoms with van der Waals surface area (Å²) in [6, 6.07) is 7.93. The molecule has 7 heterocycles. The molecule has 9 rings (SSSR count). The molecule has 11 heteroatoms. The molecule has 0 radical (unpaired) electrons. The lowest BCUT2D eigenvalue weighted by atomic mass is 9.94. The normalized spacial score (nSPS) is 27.9. The first-order chi connectivity index (χ1) is 21.4. The van der Waals surface area contributed by atoms with Crippen molar-refractivity contribution in [2.24, 2.45) is 0 Å². The van der Waals surface area contributed by atoms with Crippen molar-refractivity contribution >= 4 is 27.5 Å². The Kier molecular flexibility index (Phi) is 6.02. The molecule has 2 aromatic heterocycles. The van der Waals surface area contributed by atoms with Crippen LogP contribution in [0.3, 0.4) is 0 Å². The first-order valence-corrected chi connectivity index (χ1v) is 15.7. The third-order valence-electron chi connectivity index (χ3n) is 10.5. The van der Waals surface area contributed by atoms with Crippen molar-refractivity contribution in [2.75, 3.05) is 37.7 Å². The molecular formula is C33H34F2N6O3.